The minimum Gasteiger partial charge on any atom is -0.458 e. The fourth-order valence-corrected chi connectivity index (χ4v) is 1.50. The van der Waals surface area contributed by atoms with Crippen molar-refractivity contribution in [1.82, 2.24) is 0 Å². The topological polar surface area (TPSA) is 46.5 Å². The second kappa shape index (κ2) is 5.15. The zero-order chi connectivity index (χ0) is 12.1. The number of ether oxygens (including phenoxy) is 1. The monoisotopic (exact) mass is 232 g/mol. The van der Waals surface area contributed by atoms with E-state index in [0.717, 1.165) is 18.4 Å². The van der Waals surface area contributed by atoms with Gasteiger partial charge in [0.25, 0.3) is 0 Å². The van der Waals surface area contributed by atoms with Crippen molar-refractivity contribution in [2.45, 2.75) is 31.5 Å². The van der Waals surface area contributed by atoms with E-state index in [4.69, 9.17) is 4.74 Å². The molecule has 17 heavy (non-hydrogen) atoms. The average molecular weight is 232 g/mol. The highest BCUT2D eigenvalue weighted by atomic mass is 16.5. The van der Waals surface area contributed by atoms with E-state index in [1.54, 1.807) is 6.08 Å². The summed E-state index contributed by atoms with van der Waals surface area (Å²) in [5.74, 6) is -0.363. The minimum atomic E-state index is -0.545. The predicted molar refractivity (Wildman–Crippen MR) is 64.2 cm³/mol. The number of carbonyl (C=O) groups excluding carboxylic acids is 1. The Kier molecular flexibility index (Phi) is 3.59. The van der Waals surface area contributed by atoms with Crippen LogP contribution in [-0.2, 0) is 16.1 Å². The molecule has 1 aliphatic rings. The highest BCUT2D eigenvalue weighted by molar-refractivity contribution is 5.81. The van der Waals surface area contributed by atoms with Crippen molar-refractivity contribution in [3.05, 3.63) is 48.0 Å². The fourth-order valence-electron chi connectivity index (χ4n) is 1.50. The molecule has 2 rings (SSSR count). The van der Waals surface area contributed by atoms with Crippen LogP contribution in [0, 0.1) is 0 Å². The van der Waals surface area contributed by atoms with Gasteiger partial charge in [0.15, 0.2) is 0 Å². The number of benzene rings is 1. The van der Waals surface area contributed by atoms with E-state index in [1.807, 2.05) is 30.3 Å². The van der Waals surface area contributed by atoms with Crippen LogP contribution in [0.25, 0.3) is 0 Å². The Bertz CT molecular complexity index is 405. The maximum Gasteiger partial charge on any atom is 0.330 e. The molecule has 1 N–H and O–H groups in total. The van der Waals surface area contributed by atoms with Crippen LogP contribution < -0.4 is 0 Å². The van der Waals surface area contributed by atoms with Gasteiger partial charge in [-0.1, -0.05) is 36.4 Å². The van der Waals surface area contributed by atoms with Gasteiger partial charge in [-0.2, -0.15) is 0 Å². The Labute approximate surface area is 101 Å². The van der Waals surface area contributed by atoms with Crippen molar-refractivity contribution in [2.75, 3.05) is 0 Å². The Balaban J connectivity index is 1.70. The standard InChI is InChI=1S/C14H16O3/c15-13(7-4-8-14(16)9-10-14)17-11-12-5-2-1-3-6-12/h1-7,16H,8-11H2/b7-4+. The Morgan fingerprint density at radius 2 is 2.06 bits per heavy atom. The predicted octanol–water partition coefficient (Wildman–Crippen LogP) is 2.20. The molecule has 0 atom stereocenters. The summed E-state index contributed by atoms with van der Waals surface area (Å²) in [5, 5.41) is 9.55. The highest BCUT2D eigenvalue weighted by Gasteiger charge is 2.38. The van der Waals surface area contributed by atoms with Crippen LogP contribution in [-0.4, -0.2) is 16.7 Å². The Morgan fingerprint density at radius 3 is 2.71 bits per heavy atom. The molecule has 1 fully saturated rings. The molecule has 0 saturated heterocycles. The number of rotatable bonds is 5. The van der Waals surface area contributed by atoms with Crippen molar-refractivity contribution in [1.29, 1.82) is 0 Å². The molecule has 3 nitrogen and oxygen atoms in total. The maximum atomic E-state index is 11.3. The largest absolute Gasteiger partial charge is 0.458 e. The van der Waals surface area contributed by atoms with Gasteiger partial charge >= 0.3 is 5.97 Å². The van der Waals surface area contributed by atoms with E-state index in [1.165, 1.54) is 6.08 Å². The molecule has 1 aromatic carbocycles. The molecule has 0 spiro atoms. The van der Waals surface area contributed by atoms with Gasteiger partial charge < -0.3 is 9.84 Å². The van der Waals surface area contributed by atoms with E-state index < -0.39 is 5.60 Å². The lowest BCUT2D eigenvalue weighted by Crippen LogP contribution is -2.05. The SMILES string of the molecule is O=C(/C=C/CC1(O)CC1)OCc1ccccc1. The molecule has 3 heteroatoms. The number of carbonyl (C=O) groups is 1. The highest BCUT2D eigenvalue weighted by Crippen LogP contribution is 2.38. The van der Waals surface area contributed by atoms with Gasteiger partial charge in [0.1, 0.15) is 6.61 Å². The molecule has 1 aromatic rings. The van der Waals surface area contributed by atoms with Crippen LogP contribution in [0.5, 0.6) is 0 Å². The Morgan fingerprint density at radius 1 is 1.35 bits per heavy atom. The first-order valence-electron chi connectivity index (χ1n) is 5.78. The van der Waals surface area contributed by atoms with Gasteiger partial charge in [-0.25, -0.2) is 4.79 Å². The smallest absolute Gasteiger partial charge is 0.330 e. The van der Waals surface area contributed by atoms with Crippen LogP contribution in [0.15, 0.2) is 42.5 Å². The zero-order valence-corrected chi connectivity index (χ0v) is 9.63. The third-order valence-corrected chi connectivity index (χ3v) is 2.80. The van der Waals surface area contributed by atoms with Gasteiger partial charge in [0.2, 0.25) is 0 Å². The number of hydrogen-bond acceptors (Lipinski definition) is 3. The van der Waals surface area contributed by atoms with Crippen molar-refractivity contribution >= 4 is 5.97 Å². The summed E-state index contributed by atoms with van der Waals surface area (Å²) in [5.41, 5.74) is 0.422. The molecule has 1 aliphatic carbocycles. The molecule has 0 heterocycles. The lowest BCUT2D eigenvalue weighted by molar-refractivity contribution is -0.139. The first-order valence-corrected chi connectivity index (χ1v) is 5.78. The molecule has 0 aliphatic heterocycles. The molecule has 0 bridgehead atoms. The van der Waals surface area contributed by atoms with Crippen LogP contribution in [0.1, 0.15) is 24.8 Å². The van der Waals surface area contributed by atoms with Gasteiger partial charge in [-0.3, -0.25) is 0 Å². The molecule has 0 aromatic heterocycles. The van der Waals surface area contributed by atoms with E-state index in [-0.39, 0.29) is 12.6 Å². The quantitative estimate of drug-likeness (QED) is 0.625. The van der Waals surface area contributed by atoms with E-state index in [9.17, 15) is 9.90 Å². The summed E-state index contributed by atoms with van der Waals surface area (Å²) in [7, 11) is 0. The molecular weight excluding hydrogens is 216 g/mol. The molecule has 90 valence electrons. The minimum absolute atomic E-state index is 0.286. The maximum absolute atomic E-state index is 11.3. The first-order chi connectivity index (χ1) is 8.18. The summed E-state index contributed by atoms with van der Waals surface area (Å²) < 4.78 is 5.06. The third kappa shape index (κ3) is 4.04. The van der Waals surface area contributed by atoms with Crippen LogP contribution in [0.4, 0.5) is 0 Å². The van der Waals surface area contributed by atoms with Crippen molar-refractivity contribution in [2.24, 2.45) is 0 Å². The number of esters is 1. The van der Waals surface area contributed by atoms with Crippen LogP contribution >= 0.6 is 0 Å². The lowest BCUT2D eigenvalue weighted by Gasteiger charge is -2.02. The van der Waals surface area contributed by atoms with E-state index in [0.29, 0.717) is 6.42 Å². The average Bonchev–Trinajstić information content (AvgIpc) is 3.06. The van der Waals surface area contributed by atoms with Gasteiger partial charge in [-0.05, 0) is 24.8 Å². The molecule has 1 saturated carbocycles. The third-order valence-electron chi connectivity index (χ3n) is 2.80. The normalized spacial score (nSPS) is 17.0. The molecule has 0 radical (unpaired) electrons. The van der Waals surface area contributed by atoms with Crippen molar-refractivity contribution in [3.63, 3.8) is 0 Å². The molecular formula is C14H16O3. The second-order valence-corrected chi connectivity index (χ2v) is 4.42. The summed E-state index contributed by atoms with van der Waals surface area (Å²) >= 11 is 0. The molecule has 0 amide bonds. The van der Waals surface area contributed by atoms with Crippen LogP contribution in [0.2, 0.25) is 0 Å². The summed E-state index contributed by atoms with van der Waals surface area (Å²) in [4.78, 5) is 11.3. The van der Waals surface area contributed by atoms with E-state index >= 15 is 0 Å². The summed E-state index contributed by atoms with van der Waals surface area (Å²) in [6, 6.07) is 9.54. The van der Waals surface area contributed by atoms with Gasteiger partial charge in [-0.15, -0.1) is 0 Å². The van der Waals surface area contributed by atoms with Crippen molar-refractivity contribution in [3.8, 4) is 0 Å². The molecule has 0 unspecified atom stereocenters. The number of aliphatic hydroxyl groups is 1. The second-order valence-electron chi connectivity index (χ2n) is 4.42. The fraction of sp³-hybridized carbons (Fsp3) is 0.357. The number of hydrogen-bond donors (Lipinski definition) is 1. The van der Waals surface area contributed by atoms with Crippen LogP contribution in [0.3, 0.4) is 0 Å². The zero-order valence-electron chi connectivity index (χ0n) is 9.63. The Hall–Kier alpha value is -1.61. The van der Waals surface area contributed by atoms with Gasteiger partial charge in [0.05, 0.1) is 5.60 Å². The van der Waals surface area contributed by atoms with Gasteiger partial charge in [0, 0.05) is 6.08 Å². The van der Waals surface area contributed by atoms with Crippen molar-refractivity contribution < 1.29 is 14.6 Å². The lowest BCUT2D eigenvalue weighted by atomic mass is 10.2. The first kappa shape index (κ1) is 11.9. The summed E-state index contributed by atoms with van der Waals surface area (Å²) in [6.45, 7) is 0.286. The van der Waals surface area contributed by atoms with E-state index in [2.05, 4.69) is 0 Å². The summed E-state index contributed by atoms with van der Waals surface area (Å²) in [6.07, 6.45) is 5.26.